The van der Waals surface area contributed by atoms with Gasteiger partial charge >= 0.3 is 0 Å². The number of nitro groups is 1. The van der Waals surface area contributed by atoms with Crippen LogP contribution in [0.5, 0.6) is 0 Å². The Morgan fingerprint density at radius 1 is 1.10 bits per heavy atom. The molecule has 4 rings (SSSR count). The molecule has 0 spiro atoms. The van der Waals surface area contributed by atoms with E-state index < -0.39 is 16.8 Å². The van der Waals surface area contributed by atoms with Crippen LogP contribution in [0.4, 0.5) is 5.69 Å². The summed E-state index contributed by atoms with van der Waals surface area (Å²) in [5.41, 5.74) is 3.54. The fourth-order valence-corrected chi connectivity index (χ4v) is 4.38. The summed E-state index contributed by atoms with van der Waals surface area (Å²) in [6.45, 7) is 1.79. The topological polar surface area (TPSA) is 96.4 Å². The van der Waals surface area contributed by atoms with Crippen molar-refractivity contribution >= 4 is 17.2 Å². The highest BCUT2D eigenvalue weighted by Crippen LogP contribution is 2.46. The minimum atomic E-state index is -0.618. The van der Waals surface area contributed by atoms with Gasteiger partial charge in [-0.1, -0.05) is 42.5 Å². The zero-order valence-corrected chi connectivity index (χ0v) is 15.9. The van der Waals surface area contributed by atoms with Crippen molar-refractivity contribution in [3.05, 3.63) is 87.1 Å². The molecule has 6 heteroatoms. The lowest BCUT2D eigenvalue weighted by Gasteiger charge is -2.35. The Morgan fingerprint density at radius 2 is 1.83 bits per heavy atom. The molecule has 0 amide bonds. The first-order valence-corrected chi connectivity index (χ1v) is 9.50. The number of nitriles is 1. The molecular weight excluding hydrogens is 366 g/mol. The minimum Gasteiger partial charge on any atom is -0.294 e. The van der Waals surface area contributed by atoms with E-state index in [2.05, 4.69) is 11.1 Å². The van der Waals surface area contributed by atoms with Crippen LogP contribution in [0.15, 0.2) is 70.9 Å². The molecule has 0 radical (unpaired) electrons. The van der Waals surface area contributed by atoms with E-state index in [0.29, 0.717) is 35.4 Å². The van der Waals surface area contributed by atoms with Crippen LogP contribution in [0, 0.1) is 27.4 Å². The number of hydrogen-bond acceptors (Lipinski definition) is 5. The van der Waals surface area contributed by atoms with Crippen molar-refractivity contribution in [2.24, 2.45) is 10.9 Å². The molecule has 1 aliphatic heterocycles. The summed E-state index contributed by atoms with van der Waals surface area (Å²) in [5.74, 6) is -1.14. The van der Waals surface area contributed by atoms with E-state index in [1.54, 1.807) is 19.1 Å². The zero-order valence-electron chi connectivity index (χ0n) is 15.9. The molecule has 1 aliphatic carbocycles. The number of carbonyl (C=O) groups is 1. The van der Waals surface area contributed by atoms with Crippen molar-refractivity contribution < 1.29 is 9.72 Å². The molecule has 0 bridgehead atoms. The van der Waals surface area contributed by atoms with Crippen molar-refractivity contribution in [3.63, 3.8) is 0 Å². The Balaban J connectivity index is 1.81. The fraction of sp³-hybridized carbons (Fsp3) is 0.261. The van der Waals surface area contributed by atoms with Gasteiger partial charge in [0, 0.05) is 41.5 Å². The van der Waals surface area contributed by atoms with Crippen LogP contribution in [0.2, 0.25) is 0 Å². The summed E-state index contributed by atoms with van der Waals surface area (Å²) in [5, 5.41) is 21.0. The summed E-state index contributed by atoms with van der Waals surface area (Å²) in [6, 6.07) is 18.4. The van der Waals surface area contributed by atoms with Gasteiger partial charge in [-0.3, -0.25) is 19.9 Å². The van der Waals surface area contributed by atoms with E-state index >= 15 is 0 Å². The maximum atomic E-state index is 13.2. The van der Waals surface area contributed by atoms with Crippen molar-refractivity contribution in [2.75, 3.05) is 0 Å². The average molecular weight is 385 g/mol. The predicted octanol–water partition coefficient (Wildman–Crippen LogP) is 4.69. The highest BCUT2D eigenvalue weighted by molar-refractivity contribution is 6.03. The van der Waals surface area contributed by atoms with Crippen LogP contribution in [-0.4, -0.2) is 16.4 Å². The fourth-order valence-electron chi connectivity index (χ4n) is 4.38. The number of allylic oxidation sites excluding steroid dienone is 2. The number of benzene rings is 2. The molecule has 2 aliphatic rings. The van der Waals surface area contributed by atoms with Gasteiger partial charge < -0.3 is 0 Å². The Bertz CT molecular complexity index is 1100. The van der Waals surface area contributed by atoms with Crippen molar-refractivity contribution in [1.29, 1.82) is 5.26 Å². The number of nitrogens with zero attached hydrogens (tertiary/aromatic N) is 3. The summed E-state index contributed by atoms with van der Waals surface area (Å²) >= 11 is 0. The maximum absolute atomic E-state index is 13.2. The maximum Gasteiger partial charge on any atom is 0.269 e. The molecule has 0 N–H and O–H groups in total. The smallest absolute Gasteiger partial charge is 0.269 e. The number of hydrogen-bond donors (Lipinski definition) is 0. The molecule has 1 heterocycles. The Morgan fingerprint density at radius 3 is 2.52 bits per heavy atom. The second kappa shape index (κ2) is 7.44. The van der Waals surface area contributed by atoms with Crippen molar-refractivity contribution in [3.8, 4) is 6.07 Å². The van der Waals surface area contributed by atoms with Crippen molar-refractivity contribution in [1.82, 2.24) is 0 Å². The Kier molecular flexibility index (Phi) is 4.81. The van der Waals surface area contributed by atoms with Gasteiger partial charge in [-0.05, 0) is 30.4 Å². The first-order valence-electron chi connectivity index (χ1n) is 9.50. The summed E-state index contributed by atoms with van der Waals surface area (Å²) < 4.78 is 0. The lowest BCUT2D eigenvalue weighted by atomic mass is 9.69. The van der Waals surface area contributed by atoms with Crippen LogP contribution in [0.1, 0.15) is 42.7 Å². The lowest BCUT2D eigenvalue weighted by Crippen LogP contribution is -2.32. The van der Waals surface area contributed by atoms with Crippen LogP contribution in [0.3, 0.4) is 0 Å². The second-order valence-electron chi connectivity index (χ2n) is 7.49. The number of rotatable bonds is 3. The highest BCUT2D eigenvalue weighted by Gasteiger charge is 2.41. The number of Topliss-reactive ketones (excluding diaryl/α,β-unsaturated/α-hetero) is 1. The van der Waals surface area contributed by atoms with E-state index in [9.17, 15) is 20.2 Å². The molecule has 0 fully saturated rings. The molecule has 0 saturated carbocycles. The third-order valence-electron chi connectivity index (χ3n) is 5.74. The van der Waals surface area contributed by atoms with Crippen LogP contribution in [-0.2, 0) is 4.79 Å². The predicted molar refractivity (Wildman–Crippen MR) is 108 cm³/mol. The Labute approximate surface area is 168 Å². The quantitative estimate of drug-likeness (QED) is 0.565. The Hall–Kier alpha value is -3.59. The molecular formula is C23H19N3O3. The van der Waals surface area contributed by atoms with Gasteiger partial charge in [0.05, 0.1) is 16.9 Å². The van der Waals surface area contributed by atoms with Crippen LogP contribution >= 0.6 is 0 Å². The molecule has 2 aromatic carbocycles. The molecule has 6 nitrogen and oxygen atoms in total. The number of nitro benzene ring substituents is 1. The molecule has 144 valence electrons. The summed E-state index contributed by atoms with van der Waals surface area (Å²) in [6.07, 6.45) is 0.965. The van der Waals surface area contributed by atoms with E-state index in [1.165, 1.54) is 12.1 Å². The molecule has 0 aromatic heterocycles. The van der Waals surface area contributed by atoms with Crippen molar-refractivity contribution in [2.45, 2.75) is 31.6 Å². The summed E-state index contributed by atoms with van der Waals surface area (Å²) in [7, 11) is 0. The van der Waals surface area contributed by atoms with Gasteiger partial charge in [-0.25, -0.2) is 0 Å². The monoisotopic (exact) mass is 385 g/mol. The normalized spacial score (nSPS) is 23.8. The first-order chi connectivity index (χ1) is 14.0. The number of non-ortho nitro benzene ring substituents is 1. The lowest BCUT2D eigenvalue weighted by molar-refractivity contribution is -0.384. The SMILES string of the molecule is CC1=NC2=C(C(=O)C[C@@H](c3ccccc3)C2)[C@@H](c2cccc([N+](=O)[O-])c2)C1C#N. The number of aliphatic imine (C=N–C) groups is 1. The van der Waals surface area contributed by atoms with Gasteiger partial charge in [0.1, 0.15) is 0 Å². The standard InChI is InChI=1S/C23H19N3O3/c1-14-19(13-24)22(16-8-5-9-18(10-16)26(28)29)23-20(25-14)11-17(12-21(23)27)15-6-3-2-4-7-15/h2-10,17,19,22H,11-12H2,1H3/t17-,19?,22-/m0/s1. The van der Waals surface area contributed by atoms with Gasteiger partial charge in [0.15, 0.2) is 5.78 Å². The minimum absolute atomic E-state index is 0.0342. The number of ketones is 1. The van der Waals surface area contributed by atoms with E-state index in [4.69, 9.17) is 0 Å². The molecule has 2 aromatic rings. The van der Waals surface area contributed by atoms with E-state index in [-0.39, 0.29) is 17.4 Å². The summed E-state index contributed by atoms with van der Waals surface area (Å²) in [4.78, 5) is 28.6. The molecule has 1 unspecified atom stereocenters. The number of carbonyl (C=O) groups excluding carboxylic acids is 1. The van der Waals surface area contributed by atoms with Gasteiger partial charge in [0.2, 0.25) is 0 Å². The van der Waals surface area contributed by atoms with Gasteiger partial charge in [-0.2, -0.15) is 5.26 Å². The molecule has 29 heavy (non-hydrogen) atoms. The zero-order chi connectivity index (χ0) is 20.5. The largest absolute Gasteiger partial charge is 0.294 e. The second-order valence-corrected chi connectivity index (χ2v) is 7.49. The van der Waals surface area contributed by atoms with E-state index in [0.717, 1.165) is 5.56 Å². The third-order valence-corrected chi connectivity index (χ3v) is 5.74. The van der Waals surface area contributed by atoms with Crippen LogP contribution in [0.25, 0.3) is 0 Å². The average Bonchev–Trinajstić information content (AvgIpc) is 2.73. The van der Waals surface area contributed by atoms with E-state index in [1.807, 2.05) is 30.3 Å². The van der Waals surface area contributed by atoms with Crippen LogP contribution < -0.4 is 0 Å². The highest BCUT2D eigenvalue weighted by atomic mass is 16.6. The van der Waals surface area contributed by atoms with Gasteiger partial charge in [0.25, 0.3) is 5.69 Å². The first kappa shape index (κ1) is 18.8. The molecule has 0 saturated heterocycles. The molecule has 3 atom stereocenters. The third kappa shape index (κ3) is 3.36. The van der Waals surface area contributed by atoms with Gasteiger partial charge in [-0.15, -0.1) is 0 Å².